The summed E-state index contributed by atoms with van der Waals surface area (Å²) in [5.74, 6) is 0.699. The van der Waals surface area contributed by atoms with Crippen LogP contribution in [-0.4, -0.2) is 85.1 Å². The largest absolute Gasteiger partial charge is 0.465 e. The van der Waals surface area contributed by atoms with Crippen molar-refractivity contribution in [2.45, 2.75) is 63.0 Å². The maximum Gasteiger partial charge on any atom is 0.407 e. The zero-order chi connectivity index (χ0) is 28.7. The molecule has 3 aliphatic rings. The number of hydrogen-bond acceptors (Lipinski definition) is 9. The number of fused-ring (bicyclic) bond motifs is 2. The summed E-state index contributed by atoms with van der Waals surface area (Å²) in [6.45, 7) is 5.18. The van der Waals surface area contributed by atoms with E-state index in [1.54, 1.807) is 6.26 Å². The zero-order valence-corrected chi connectivity index (χ0v) is 24.1. The Labute approximate surface area is 241 Å². The Morgan fingerprint density at radius 3 is 2.80 bits per heavy atom. The van der Waals surface area contributed by atoms with Gasteiger partial charge in [0.25, 0.3) is 0 Å². The summed E-state index contributed by atoms with van der Waals surface area (Å²) in [6, 6.07) is 5.90. The average molecular weight is 579 g/mol. The molecule has 0 saturated carbocycles. The number of anilines is 2. The second-order valence-corrected chi connectivity index (χ2v) is 12.2. The quantitative estimate of drug-likeness (QED) is 0.449. The highest BCUT2D eigenvalue weighted by atomic mass is 32.2. The van der Waals surface area contributed by atoms with Crippen molar-refractivity contribution in [2.75, 3.05) is 48.8 Å². The highest BCUT2D eigenvalue weighted by molar-refractivity contribution is 7.84. The second-order valence-electron chi connectivity index (χ2n) is 10.9. The monoisotopic (exact) mass is 578 g/mol. The Hall–Kier alpha value is -3.76. The summed E-state index contributed by atoms with van der Waals surface area (Å²) in [6.07, 6.45) is 6.35. The highest BCUT2D eigenvalue weighted by Gasteiger charge is 2.34. The maximum absolute atomic E-state index is 12.6. The van der Waals surface area contributed by atoms with Gasteiger partial charge in [0.05, 0.1) is 59.0 Å². The van der Waals surface area contributed by atoms with Crippen molar-refractivity contribution in [3.05, 3.63) is 35.2 Å². The minimum absolute atomic E-state index is 0.0530. The SMILES string of the molecule is Cc1ccc2c(cnn2C2CCCCO2)c1N1CCc2c(nc(S(C)=O)nc2N2CCN(C(=O)O)[C@@H](CC#N)C2)C1. The van der Waals surface area contributed by atoms with Gasteiger partial charge in [0, 0.05) is 50.0 Å². The van der Waals surface area contributed by atoms with Gasteiger partial charge in [-0.1, -0.05) is 6.07 Å². The standard InChI is InChI=1S/C28H34N8O4S/c1-18-6-7-23-21(15-30-36(23)24-5-3-4-14-40-24)25(18)33-11-9-20-22(17-33)31-27(41(2)39)32-26(20)34-12-13-35(28(37)38)19(16-34)8-10-29/h6-7,15,19,24H,3-5,8-9,11-14,16-17H2,1-2H3,(H,37,38)/t19-,24?,41?/m0/s1. The molecule has 0 radical (unpaired) electrons. The fourth-order valence-electron chi connectivity index (χ4n) is 6.33. The van der Waals surface area contributed by atoms with Crippen LogP contribution in [0, 0.1) is 18.3 Å². The van der Waals surface area contributed by atoms with Gasteiger partial charge in [0.1, 0.15) is 5.82 Å². The molecule has 1 N–H and O–H groups in total. The fourth-order valence-corrected chi connectivity index (χ4v) is 6.78. The van der Waals surface area contributed by atoms with Crippen LogP contribution >= 0.6 is 0 Å². The lowest BCUT2D eigenvalue weighted by molar-refractivity contribution is -0.0366. The molecule has 0 bridgehead atoms. The third-order valence-electron chi connectivity index (χ3n) is 8.33. The zero-order valence-electron chi connectivity index (χ0n) is 23.3. The summed E-state index contributed by atoms with van der Waals surface area (Å²) >= 11 is 0. The third-order valence-corrected chi connectivity index (χ3v) is 9.03. The number of aryl methyl sites for hydroxylation is 1. The van der Waals surface area contributed by atoms with Crippen LogP contribution in [0.3, 0.4) is 0 Å². The molecule has 3 aromatic rings. The van der Waals surface area contributed by atoms with E-state index in [1.807, 2.05) is 15.8 Å². The van der Waals surface area contributed by atoms with Crippen LogP contribution in [0.4, 0.5) is 16.3 Å². The van der Waals surface area contributed by atoms with Gasteiger partial charge in [-0.25, -0.2) is 19.4 Å². The van der Waals surface area contributed by atoms with Gasteiger partial charge in [-0.15, -0.1) is 0 Å². The molecule has 2 aromatic heterocycles. The lowest BCUT2D eigenvalue weighted by Crippen LogP contribution is -2.55. The Morgan fingerprint density at radius 2 is 2.07 bits per heavy atom. The van der Waals surface area contributed by atoms with Crippen LogP contribution < -0.4 is 9.80 Å². The number of piperazine rings is 1. The van der Waals surface area contributed by atoms with Crippen molar-refractivity contribution >= 4 is 39.3 Å². The number of rotatable bonds is 5. The molecular weight excluding hydrogens is 544 g/mol. The molecule has 2 unspecified atom stereocenters. The molecule has 1 aromatic carbocycles. The van der Waals surface area contributed by atoms with Gasteiger partial charge >= 0.3 is 6.09 Å². The Kier molecular flexibility index (Phi) is 7.52. The summed E-state index contributed by atoms with van der Waals surface area (Å²) in [4.78, 5) is 26.9. The molecule has 2 fully saturated rings. The number of hydrogen-bond donors (Lipinski definition) is 1. The Bertz CT molecular complexity index is 1550. The van der Waals surface area contributed by atoms with E-state index in [4.69, 9.17) is 19.8 Å². The summed E-state index contributed by atoms with van der Waals surface area (Å²) in [5, 5.41) is 25.0. The second kappa shape index (κ2) is 11.3. The van der Waals surface area contributed by atoms with Gasteiger partial charge in [-0.3, -0.25) is 4.21 Å². The molecule has 41 heavy (non-hydrogen) atoms. The van der Waals surface area contributed by atoms with Crippen molar-refractivity contribution in [2.24, 2.45) is 0 Å². The Morgan fingerprint density at radius 1 is 1.22 bits per heavy atom. The molecule has 3 atom stereocenters. The van der Waals surface area contributed by atoms with Crippen molar-refractivity contribution in [1.82, 2.24) is 24.6 Å². The first-order chi connectivity index (χ1) is 19.9. The highest BCUT2D eigenvalue weighted by Crippen LogP contribution is 2.37. The van der Waals surface area contributed by atoms with E-state index in [1.165, 1.54) is 4.90 Å². The van der Waals surface area contributed by atoms with E-state index >= 15 is 0 Å². The lowest BCUT2D eigenvalue weighted by Gasteiger charge is -2.41. The number of nitrogens with zero attached hydrogens (tertiary/aromatic N) is 8. The van der Waals surface area contributed by atoms with Gasteiger partial charge in [0.15, 0.2) is 6.23 Å². The number of carbonyl (C=O) groups is 1. The summed E-state index contributed by atoms with van der Waals surface area (Å²) < 4.78 is 20.6. The number of ether oxygens (including phenoxy) is 1. The summed E-state index contributed by atoms with van der Waals surface area (Å²) in [5.41, 5.74) is 5.11. The number of carboxylic acid groups (broad SMARTS) is 1. The number of amides is 1. The topological polar surface area (TPSA) is 141 Å². The van der Waals surface area contributed by atoms with Crippen molar-refractivity contribution in [3.8, 4) is 6.07 Å². The Balaban J connectivity index is 1.35. The van der Waals surface area contributed by atoms with Crippen molar-refractivity contribution < 1.29 is 18.8 Å². The third kappa shape index (κ3) is 5.10. The van der Waals surface area contributed by atoms with Gasteiger partial charge in [-0.2, -0.15) is 10.4 Å². The molecule has 1 amide bonds. The molecule has 2 saturated heterocycles. The molecule has 6 rings (SSSR count). The molecule has 13 heteroatoms. The van der Waals surface area contributed by atoms with Crippen LogP contribution in [0.15, 0.2) is 23.5 Å². The summed E-state index contributed by atoms with van der Waals surface area (Å²) in [7, 11) is -1.40. The van der Waals surface area contributed by atoms with Crippen LogP contribution in [0.5, 0.6) is 0 Å². The first-order valence-electron chi connectivity index (χ1n) is 14.0. The van der Waals surface area contributed by atoms with E-state index < -0.39 is 22.9 Å². The molecule has 12 nitrogen and oxygen atoms in total. The molecule has 0 aliphatic carbocycles. The average Bonchev–Trinajstić information content (AvgIpc) is 3.40. The van der Waals surface area contributed by atoms with E-state index in [2.05, 4.69) is 30.0 Å². The molecule has 0 spiro atoms. The van der Waals surface area contributed by atoms with Crippen LogP contribution in [-0.2, 0) is 28.5 Å². The van der Waals surface area contributed by atoms with Gasteiger partial charge in [-0.05, 0) is 44.2 Å². The predicted octanol–water partition coefficient (Wildman–Crippen LogP) is 3.22. The lowest BCUT2D eigenvalue weighted by atomic mass is 10.0. The normalized spacial score (nSPS) is 21.9. The van der Waals surface area contributed by atoms with Crippen LogP contribution in [0.1, 0.15) is 48.7 Å². The van der Waals surface area contributed by atoms with E-state index in [-0.39, 0.29) is 24.3 Å². The number of benzene rings is 1. The molecule has 216 valence electrons. The molecule has 3 aliphatic heterocycles. The first kappa shape index (κ1) is 27.4. The van der Waals surface area contributed by atoms with E-state index in [9.17, 15) is 19.4 Å². The first-order valence-corrected chi connectivity index (χ1v) is 15.6. The molecule has 5 heterocycles. The van der Waals surface area contributed by atoms with Crippen LogP contribution in [0.2, 0.25) is 0 Å². The minimum Gasteiger partial charge on any atom is -0.465 e. The van der Waals surface area contributed by atoms with E-state index in [0.717, 1.165) is 65.8 Å². The van der Waals surface area contributed by atoms with E-state index in [0.29, 0.717) is 31.9 Å². The number of nitriles is 1. The van der Waals surface area contributed by atoms with Gasteiger partial charge < -0.3 is 24.5 Å². The van der Waals surface area contributed by atoms with Crippen molar-refractivity contribution in [1.29, 1.82) is 5.26 Å². The molecular formula is C28H34N8O4S. The predicted molar refractivity (Wildman–Crippen MR) is 153 cm³/mol. The minimum atomic E-state index is -1.40. The maximum atomic E-state index is 12.6. The van der Waals surface area contributed by atoms with Crippen molar-refractivity contribution in [3.63, 3.8) is 0 Å². The van der Waals surface area contributed by atoms with Crippen LogP contribution in [0.25, 0.3) is 10.9 Å². The smallest absolute Gasteiger partial charge is 0.407 e. The number of aromatic nitrogens is 4. The fraction of sp³-hybridized carbons (Fsp3) is 0.536. The van der Waals surface area contributed by atoms with Gasteiger partial charge in [0.2, 0.25) is 5.16 Å².